The molecule has 0 saturated carbocycles. The van der Waals surface area contributed by atoms with Gasteiger partial charge in [-0.15, -0.1) is 12.3 Å². The van der Waals surface area contributed by atoms with E-state index in [0.29, 0.717) is 24.5 Å². The normalized spacial score (nSPS) is 10.2. The number of carbonyl (C=O) groups is 1. The van der Waals surface area contributed by atoms with Gasteiger partial charge in [-0.3, -0.25) is 4.79 Å². The quantitative estimate of drug-likeness (QED) is 0.480. The molecule has 0 aromatic heterocycles. The number of hydrogen-bond donors (Lipinski definition) is 1. The van der Waals surface area contributed by atoms with Crippen LogP contribution in [0.25, 0.3) is 6.08 Å². The molecule has 24 heavy (non-hydrogen) atoms. The van der Waals surface area contributed by atoms with Gasteiger partial charge in [0.1, 0.15) is 11.5 Å². The van der Waals surface area contributed by atoms with Gasteiger partial charge in [0.05, 0.1) is 19.4 Å². The molecule has 1 N–H and O–H groups in total. The van der Waals surface area contributed by atoms with Crippen LogP contribution < -0.4 is 14.8 Å². The Morgan fingerprint density at radius 3 is 2.67 bits per heavy atom. The second-order valence-electron chi connectivity index (χ2n) is 4.89. The summed E-state index contributed by atoms with van der Waals surface area (Å²) >= 11 is 0. The number of rotatable bonds is 7. The van der Waals surface area contributed by atoms with Crippen LogP contribution in [0.4, 0.5) is 5.69 Å². The lowest BCUT2D eigenvalue weighted by Crippen LogP contribution is -2.09. The van der Waals surface area contributed by atoms with Gasteiger partial charge in [0.2, 0.25) is 5.91 Å². The molecule has 0 spiro atoms. The van der Waals surface area contributed by atoms with Gasteiger partial charge in [-0.1, -0.05) is 24.3 Å². The van der Waals surface area contributed by atoms with Crippen LogP contribution in [0.15, 0.2) is 54.6 Å². The van der Waals surface area contributed by atoms with Gasteiger partial charge in [-0.25, -0.2) is 0 Å². The van der Waals surface area contributed by atoms with Crippen molar-refractivity contribution in [3.8, 4) is 23.8 Å². The Bertz CT molecular complexity index is 742. The van der Waals surface area contributed by atoms with E-state index in [-0.39, 0.29) is 5.91 Å². The highest BCUT2D eigenvalue weighted by molar-refractivity contribution is 6.02. The molecule has 0 aliphatic carbocycles. The summed E-state index contributed by atoms with van der Waals surface area (Å²) in [5, 5.41) is 2.80. The van der Waals surface area contributed by atoms with Gasteiger partial charge in [-0.2, -0.15) is 0 Å². The summed E-state index contributed by atoms with van der Waals surface area (Å²) in [5.74, 6) is 3.64. The van der Waals surface area contributed by atoms with E-state index in [2.05, 4.69) is 11.2 Å². The second kappa shape index (κ2) is 9.06. The van der Waals surface area contributed by atoms with Crippen LogP contribution in [0.2, 0.25) is 0 Å². The maximum Gasteiger partial charge on any atom is 0.248 e. The topological polar surface area (TPSA) is 47.6 Å². The van der Waals surface area contributed by atoms with E-state index in [1.807, 2.05) is 36.4 Å². The fourth-order valence-corrected chi connectivity index (χ4v) is 1.98. The summed E-state index contributed by atoms with van der Waals surface area (Å²) in [5.41, 5.74) is 1.52. The van der Waals surface area contributed by atoms with E-state index in [1.165, 1.54) is 6.08 Å². The van der Waals surface area contributed by atoms with Crippen molar-refractivity contribution < 1.29 is 14.3 Å². The summed E-state index contributed by atoms with van der Waals surface area (Å²) in [7, 11) is 1.61. The average Bonchev–Trinajstić information content (AvgIpc) is 2.62. The van der Waals surface area contributed by atoms with Gasteiger partial charge in [-0.05, 0) is 35.9 Å². The third-order valence-electron chi connectivity index (χ3n) is 3.19. The van der Waals surface area contributed by atoms with Crippen molar-refractivity contribution in [3.05, 3.63) is 60.2 Å². The fraction of sp³-hybridized carbons (Fsp3) is 0.150. The number of amides is 1. The van der Waals surface area contributed by atoms with Crippen molar-refractivity contribution in [1.29, 1.82) is 0 Å². The van der Waals surface area contributed by atoms with Gasteiger partial charge < -0.3 is 14.8 Å². The van der Waals surface area contributed by atoms with E-state index in [9.17, 15) is 4.79 Å². The molecule has 122 valence electrons. The summed E-state index contributed by atoms with van der Waals surface area (Å²) < 4.78 is 10.7. The Balaban J connectivity index is 1.98. The van der Waals surface area contributed by atoms with Crippen molar-refractivity contribution >= 4 is 17.7 Å². The highest BCUT2D eigenvalue weighted by Gasteiger charge is 2.05. The first-order valence-corrected chi connectivity index (χ1v) is 7.51. The monoisotopic (exact) mass is 321 g/mol. The Labute approximate surface area is 142 Å². The van der Waals surface area contributed by atoms with E-state index in [0.717, 1.165) is 11.3 Å². The van der Waals surface area contributed by atoms with Crippen LogP contribution in [0.3, 0.4) is 0 Å². The number of ether oxygens (including phenoxy) is 2. The van der Waals surface area contributed by atoms with Gasteiger partial charge in [0.15, 0.2) is 0 Å². The number of benzene rings is 2. The molecule has 1 amide bonds. The molecular weight excluding hydrogens is 302 g/mol. The fourth-order valence-electron chi connectivity index (χ4n) is 1.98. The standard InChI is InChI=1S/C20H19NO3/c1-3-4-15-24-19-8-6-5-7-18(19)21-20(22)14-11-16-9-12-17(23-2)13-10-16/h1,5-14H,4,15H2,2H3,(H,21,22)/b14-11+. The number of hydrogen-bond acceptors (Lipinski definition) is 3. The molecule has 4 nitrogen and oxygen atoms in total. The number of nitrogens with one attached hydrogen (secondary N) is 1. The summed E-state index contributed by atoms with van der Waals surface area (Å²) in [6.45, 7) is 0.408. The molecule has 2 aromatic rings. The molecule has 2 rings (SSSR count). The van der Waals surface area contributed by atoms with Gasteiger partial charge in [0, 0.05) is 12.5 Å². The molecular formula is C20H19NO3. The summed E-state index contributed by atoms with van der Waals surface area (Å²) in [6.07, 6.45) is 8.93. The van der Waals surface area contributed by atoms with Crippen LogP contribution in [0.1, 0.15) is 12.0 Å². The molecule has 0 heterocycles. The Hall–Kier alpha value is -3.19. The zero-order valence-corrected chi connectivity index (χ0v) is 13.5. The third kappa shape index (κ3) is 5.22. The predicted octanol–water partition coefficient (Wildman–Crippen LogP) is 3.75. The lowest BCUT2D eigenvalue weighted by molar-refractivity contribution is -0.111. The van der Waals surface area contributed by atoms with Crippen LogP contribution in [-0.4, -0.2) is 19.6 Å². The molecule has 0 saturated heterocycles. The molecule has 0 atom stereocenters. The third-order valence-corrected chi connectivity index (χ3v) is 3.19. The zero-order chi connectivity index (χ0) is 17.2. The predicted molar refractivity (Wildman–Crippen MR) is 96.0 cm³/mol. The maximum atomic E-state index is 12.1. The van der Waals surface area contributed by atoms with Crippen molar-refractivity contribution in [2.75, 3.05) is 19.0 Å². The van der Waals surface area contributed by atoms with Crippen LogP contribution in [0, 0.1) is 12.3 Å². The summed E-state index contributed by atoms with van der Waals surface area (Å²) in [6, 6.07) is 14.7. The molecule has 0 bridgehead atoms. The number of methoxy groups -OCH3 is 1. The number of carbonyl (C=O) groups excluding carboxylic acids is 1. The Kier molecular flexibility index (Phi) is 6.48. The minimum absolute atomic E-state index is 0.237. The largest absolute Gasteiger partial charge is 0.497 e. The van der Waals surface area contributed by atoms with Crippen LogP contribution in [0.5, 0.6) is 11.5 Å². The molecule has 2 aromatic carbocycles. The molecule has 0 unspecified atom stereocenters. The Morgan fingerprint density at radius 1 is 1.21 bits per heavy atom. The van der Waals surface area contributed by atoms with Crippen LogP contribution >= 0.6 is 0 Å². The van der Waals surface area contributed by atoms with E-state index >= 15 is 0 Å². The van der Waals surface area contributed by atoms with Crippen molar-refractivity contribution in [2.24, 2.45) is 0 Å². The highest BCUT2D eigenvalue weighted by atomic mass is 16.5. The van der Waals surface area contributed by atoms with Gasteiger partial charge in [0.25, 0.3) is 0 Å². The molecule has 0 radical (unpaired) electrons. The van der Waals surface area contributed by atoms with Crippen molar-refractivity contribution in [1.82, 2.24) is 0 Å². The van der Waals surface area contributed by atoms with Crippen LogP contribution in [-0.2, 0) is 4.79 Å². The number of terminal acetylenes is 1. The van der Waals surface area contributed by atoms with E-state index < -0.39 is 0 Å². The smallest absolute Gasteiger partial charge is 0.248 e. The molecule has 0 aliphatic rings. The average molecular weight is 321 g/mol. The highest BCUT2D eigenvalue weighted by Crippen LogP contribution is 2.24. The minimum atomic E-state index is -0.237. The molecule has 0 aliphatic heterocycles. The number of para-hydroxylation sites is 2. The van der Waals surface area contributed by atoms with Gasteiger partial charge >= 0.3 is 0 Å². The molecule has 4 heteroatoms. The first-order valence-electron chi connectivity index (χ1n) is 7.51. The van der Waals surface area contributed by atoms with Crippen molar-refractivity contribution in [2.45, 2.75) is 6.42 Å². The SMILES string of the molecule is C#CCCOc1ccccc1NC(=O)/C=C/c1ccc(OC)cc1. The van der Waals surface area contributed by atoms with Crippen molar-refractivity contribution in [3.63, 3.8) is 0 Å². The minimum Gasteiger partial charge on any atom is -0.497 e. The van der Waals surface area contributed by atoms with E-state index in [4.69, 9.17) is 15.9 Å². The lowest BCUT2D eigenvalue weighted by Gasteiger charge is -2.10. The first-order chi connectivity index (χ1) is 11.7. The number of anilines is 1. The summed E-state index contributed by atoms with van der Waals surface area (Å²) in [4.78, 5) is 12.1. The zero-order valence-electron chi connectivity index (χ0n) is 13.5. The van der Waals surface area contributed by atoms with E-state index in [1.54, 1.807) is 25.3 Å². The lowest BCUT2D eigenvalue weighted by atomic mass is 10.2. The Morgan fingerprint density at radius 2 is 1.96 bits per heavy atom. The molecule has 0 fully saturated rings. The maximum absolute atomic E-state index is 12.1. The first kappa shape index (κ1) is 17.2. The second-order valence-corrected chi connectivity index (χ2v) is 4.89.